The second-order valence-electron chi connectivity index (χ2n) is 4.94. The summed E-state index contributed by atoms with van der Waals surface area (Å²) in [5.74, 6) is 0. The summed E-state index contributed by atoms with van der Waals surface area (Å²) in [7, 11) is 0. The van der Waals surface area contributed by atoms with Crippen LogP contribution in [0.25, 0.3) is 0 Å². The zero-order chi connectivity index (χ0) is 13.8. The summed E-state index contributed by atoms with van der Waals surface area (Å²) in [6.07, 6.45) is 1.28. The lowest BCUT2D eigenvalue weighted by Gasteiger charge is -2.11. The van der Waals surface area contributed by atoms with Crippen molar-refractivity contribution in [1.29, 1.82) is 0 Å². The highest BCUT2D eigenvalue weighted by Gasteiger charge is 2.12. The molecule has 1 heterocycles. The van der Waals surface area contributed by atoms with Crippen molar-refractivity contribution in [3.05, 3.63) is 52.8 Å². The Kier molecular flexibility index (Phi) is 4.38. The van der Waals surface area contributed by atoms with Crippen LogP contribution in [0, 0.1) is 13.8 Å². The smallest absolute Gasteiger partial charge is 0.0807 e. The van der Waals surface area contributed by atoms with Crippen molar-refractivity contribution in [3.8, 4) is 0 Å². The van der Waals surface area contributed by atoms with Crippen LogP contribution in [0.15, 0.2) is 30.3 Å². The molecule has 0 aliphatic rings. The van der Waals surface area contributed by atoms with E-state index in [-0.39, 0.29) is 0 Å². The topological polar surface area (TPSA) is 38.0 Å². The Balaban J connectivity index is 2.03. The van der Waals surface area contributed by atoms with Gasteiger partial charge in [0.2, 0.25) is 0 Å². The molecule has 102 valence electrons. The Morgan fingerprint density at radius 3 is 2.47 bits per heavy atom. The van der Waals surface area contributed by atoms with Gasteiger partial charge in [0.05, 0.1) is 11.8 Å². The fourth-order valence-electron chi connectivity index (χ4n) is 2.55. The van der Waals surface area contributed by atoms with Gasteiger partial charge in [-0.15, -0.1) is 0 Å². The second-order valence-corrected chi connectivity index (χ2v) is 4.94. The van der Waals surface area contributed by atoms with E-state index in [1.807, 2.05) is 35.0 Å². The van der Waals surface area contributed by atoms with E-state index in [9.17, 15) is 5.11 Å². The molecule has 0 fully saturated rings. The Morgan fingerprint density at radius 1 is 1.21 bits per heavy atom. The number of aromatic nitrogens is 2. The van der Waals surface area contributed by atoms with Crippen LogP contribution in [0.2, 0.25) is 0 Å². The fourth-order valence-corrected chi connectivity index (χ4v) is 2.55. The van der Waals surface area contributed by atoms with Crippen molar-refractivity contribution in [2.45, 2.75) is 46.3 Å². The van der Waals surface area contributed by atoms with Gasteiger partial charge in [0, 0.05) is 12.2 Å². The van der Waals surface area contributed by atoms with Gasteiger partial charge in [-0.1, -0.05) is 37.3 Å². The molecule has 3 heteroatoms. The number of hydrogen-bond donors (Lipinski definition) is 1. The molecule has 1 unspecified atom stereocenters. The number of aryl methyl sites for hydroxylation is 2. The van der Waals surface area contributed by atoms with Gasteiger partial charge in [-0.2, -0.15) is 5.10 Å². The Bertz CT molecular complexity index is 531. The van der Waals surface area contributed by atoms with E-state index in [1.54, 1.807) is 0 Å². The number of aliphatic hydroxyl groups excluding tert-OH is 1. The molecule has 0 radical (unpaired) electrons. The van der Waals surface area contributed by atoms with Crippen LogP contribution in [0.5, 0.6) is 0 Å². The van der Waals surface area contributed by atoms with Crippen LogP contribution < -0.4 is 0 Å². The predicted molar refractivity (Wildman–Crippen MR) is 77.1 cm³/mol. The first-order chi connectivity index (χ1) is 9.13. The maximum Gasteiger partial charge on any atom is 0.0807 e. The van der Waals surface area contributed by atoms with Crippen molar-refractivity contribution >= 4 is 0 Å². The van der Waals surface area contributed by atoms with E-state index in [0.717, 1.165) is 24.2 Å². The number of rotatable bonds is 5. The quantitative estimate of drug-likeness (QED) is 0.894. The van der Waals surface area contributed by atoms with E-state index in [4.69, 9.17) is 0 Å². The first-order valence-electron chi connectivity index (χ1n) is 6.89. The van der Waals surface area contributed by atoms with Crippen molar-refractivity contribution in [3.63, 3.8) is 0 Å². The Labute approximate surface area is 114 Å². The molecule has 0 aliphatic heterocycles. The largest absolute Gasteiger partial charge is 0.388 e. The third-order valence-corrected chi connectivity index (χ3v) is 3.68. The van der Waals surface area contributed by atoms with Crippen molar-refractivity contribution in [1.82, 2.24) is 9.78 Å². The average molecular weight is 258 g/mol. The molecule has 2 rings (SSSR count). The lowest BCUT2D eigenvalue weighted by Crippen LogP contribution is -2.07. The highest BCUT2D eigenvalue weighted by molar-refractivity contribution is 5.24. The van der Waals surface area contributed by atoms with Crippen LogP contribution in [0.1, 0.15) is 42.0 Å². The van der Waals surface area contributed by atoms with Gasteiger partial charge in [-0.3, -0.25) is 4.68 Å². The molecule has 0 spiro atoms. The summed E-state index contributed by atoms with van der Waals surface area (Å²) in [4.78, 5) is 0. The van der Waals surface area contributed by atoms with Crippen LogP contribution in [-0.4, -0.2) is 14.9 Å². The summed E-state index contributed by atoms with van der Waals surface area (Å²) in [5, 5.41) is 14.7. The van der Waals surface area contributed by atoms with Crippen LogP contribution in [0.4, 0.5) is 0 Å². The van der Waals surface area contributed by atoms with Gasteiger partial charge < -0.3 is 5.11 Å². The summed E-state index contributed by atoms with van der Waals surface area (Å²) in [6, 6.07) is 9.80. The molecule has 0 aliphatic carbocycles. The van der Waals surface area contributed by atoms with E-state index in [0.29, 0.717) is 6.42 Å². The molecule has 0 saturated heterocycles. The molecule has 1 atom stereocenters. The van der Waals surface area contributed by atoms with Crippen LogP contribution in [-0.2, 0) is 13.0 Å². The van der Waals surface area contributed by atoms with Crippen molar-refractivity contribution in [2.24, 2.45) is 0 Å². The molecular weight excluding hydrogens is 236 g/mol. The first kappa shape index (κ1) is 13.8. The minimum absolute atomic E-state index is 0.421. The SMILES string of the molecule is CCc1c(C)nn(CCC(O)c2ccccc2)c1C. The summed E-state index contributed by atoms with van der Waals surface area (Å²) in [5.41, 5.74) is 4.63. The standard InChI is InChI=1S/C16H22N2O/c1-4-15-12(2)17-18(13(15)3)11-10-16(19)14-8-6-5-7-9-14/h5-9,16,19H,4,10-11H2,1-3H3. The van der Waals surface area contributed by atoms with Gasteiger partial charge >= 0.3 is 0 Å². The molecular formula is C16H22N2O. The zero-order valence-electron chi connectivity index (χ0n) is 11.9. The molecule has 0 bridgehead atoms. The molecule has 3 nitrogen and oxygen atoms in total. The monoisotopic (exact) mass is 258 g/mol. The van der Waals surface area contributed by atoms with Gasteiger partial charge in [-0.05, 0) is 37.8 Å². The first-order valence-corrected chi connectivity index (χ1v) is 6.89. The van der Waals surface area contributed by atoms with E-state index in [1.165, 1.54) is 11.3 Å². The number of aliphatic hydroxyl groups is 1. The normalized spacial score (nSPS) is 12.6. The summed E-state index contributed by atoms with van der Waals surface area (Å²) >= 11 is 0. The van der Waals surface area contributed by atoms with Gasteiger partial charge in [0.25, 0.3) is 0 Å². The zero-order valence-corrected chi connectivity index (χ0v) is 11.9. The Hall–Kier alpha value is -1.61. The molecule has 0 amide bonds. The highest BCUT2D eigenvalue weighted by Crippen LogP contribution is 2.19. The highest BCUT2D eigenvalue weighted by atomic mass is 16.3. The molecule has 0 saturated carbocycles. The fraction of sp³-hybridized carbons (Fsp3) is 0.438. The number of hydrogen-bond acceptors (Lipinski definition) is 2. The second kappa shape index (κ2) is 6.02. The van der Waals surface area contributed by atoms with Crippen molar-refractivity contribution < 1.29 is 5.11 Å². The molecule has 19 heavy (non-hydrogen) atoms. The summed E-state index contributed by atoms with van der Waals surface area (Å²) < 4.78 is 2.01. The maximum absolute atomic E-state index is 10.2. The molecule has 2 aromatic rings. The number of benzene rings is 1. The van der Waals surface area contributed by atoms with E-state index >= 15 is 0 Å². The predicted octanol–water partition coefficient (Wildman–Crippen LogP) is 3.19. The minimum Gasteiger partial charge on any atom is -0.388 e. The van der Waals surface area contributed by atoms with Gasteiger partial charge in [0.15, 0.2) is 0 Å². The molecule has 1 aromatic heterocycles. The minimum atomic E-state index is -0.421. The molecule has 1 N–H and O–H groups in total. The van der Waals surface area contributed by atoms with E-state index in [2.05, 4.69) is 25.9 Å². The lowest BCUT2D eigenvalue weighted by atomic mass is 10.1. The third kappa shape index (κ3) is 3.04. The average Bonchev–Trinajstić information content (AvgIpc) is 2.71. The number of nitrogens with zero attached hydrogens (tertiary/aromatic N) is 2. The van der Waals surface area contributed by atoms with E-state index < -0.39 is 6.10 Å². The van der Waals surface area contributed by atoms with Crippen molar-refractivity contribution in [2.75, 3.05) is 0 Å². The lowest BCUT2D eigenvalue weighted by molar-refractivity contribution is 0.159. The Morgan fingerprint density at radius 2 is 1.89 bits per heavy atom. The summed E-state index contributed by atoms with van der Waals surface area (Å²) in [6.45, 7) is 7.06. The molecule has 1 aromatic carbocycles. The van der Waals surface area contributed by atoms with Gasteiger partial charge in [0.1, 0.15) is 0 Å². The third-order valence-electron chi connectivity index (χ3n) is 3.68. The van der Waals surface area contributed by atoms with Gasteiger partial charge in [-0.25, -0.2) is 0 Å². The van der Waals surface area contributed by atoms with Crippen LogP contribution in [0.3, 0.4) is 0 Å². The maximum atomic E-state index is 10.2. The van der Waals surface area contributed by atoms with Crippen LogP contribution >= 0.6 is 0 Å².